The fourth-order valence-electron chi connectivity index (χ4n) is 3.27. The number of morpholine rings is 1. The number of benzene rings is 2. The molecule has 6 heteroatoms. The summed E-state index contributed by atoms with van der Waals surface area (Å²) in [6, 6.07) is 9.86. The van der Waals surface area contributed by atoms with Crippen LogP contribution in [0.2, 0.25) is 0 Å². The summed E-state index contributed by atoms with van der Waals surface area (Å²) in [6.45, 7) is 7.78. The molecule has 1 aliphatic rings. The Kier molecular flexibility index (Phi) is 7.10. The summed E-state index contributed by atoms with van der Waals surface area (Å²) < 4.78 is 12.4. The number of carbonyl (C=O) groups is 1. The summed E-state index contributed by atoms with van der Waals surface area (Å²) in [5.41, 5.74) is 0.566. The molecule has 1 atom stereocenters. The molecule has 27 heavy (non-hydrogen) atoms. The molecule has 2 aromatic carbocycles. The van der Waals surface area contributed by atoms with Crippen molar-refractivity contribution in [1.29, 1.82) is 0 Å². The van der Waals surface area contributed by atoms with E-state index >= 15 is 0 Å². The van der Waals surface area contributed by atoms with Crippen molar-refractivity contribution in [2.75, 3.05) is 32.9 Å². The highest BCUT2D eigenvalue weighted by molar-refractivity contribution is 9.10. The van der Waals surface area contributed by atoms with E-state index in [2.05, 4.69) is 33.1 Å². The normalized spacial score (nSPS) is 16.3. The number of hydrogen-bond donors (Lipinski definition) is 1. The summed E-state index contributed by atoms with van der Waals surface area (Å²) in [5, 5.41) is 5.11. The molecular weight excluding hydrogens is 408 g/mol. The van der Waals surface area contributed by atoms with Crippen molar-refractivity contribution in [3.8, 4) is 5.75 Å². The summed E-state index contributed by atoms with van der Waals surface area (Å²) in [6.07, 6.45) is 1.94. The minimum atomic E-state index is -0.119. The molecular formula is C21H27BrN2O3. The van der Waals surface area contributed by atoms with Gasteiger partial charge in [-0.2, -0.15) is 0 Å². The second-order valence-electron chi connectivity index (χ2n) is 6.78. The number of amides is 1. The number of hydrogen-bond acceptors (Lipinski definition) is 4. The van der Waals surface area contributed by atoms with Gasteiger partial charge in [0.2, 0.25) is 0 Å². The molecule has 0 aromatic heterocycles. The first-order chi connectivity index (χ1) is 13.1. The molecule has 0 spiro atoms. The lowest BCUT2D eigenvalue weighted by atomic mass is 10.0. The molecule has 1 amide bonds. The van der Waals surface area contributed by atoms with Crippen molar-refractivity contribution < 1.29 is 14.3 Å². The van der Waals surface area contributed by atoms with Crippen LogP contribution in [-0.4, -0.2) is 49.9 Å². The largest absolute Gasteiger partial charge is 0.492 e. The molecule has 1 unspecified atom stereocenters. The molecule has 0 saturated carbocycles. The molecule has 0 radical (unpaired) electrons. The van der Waals surface area contributed by atoms with Gasteiger partial charge < -0.3 is 14.8 Å². The Morgan fingerprint density at radius 3 is 2.70 bits per heavy atom. The SMILES string of the molecule is CCCCOc1c(C(=O)NC(C)N2CCOCC2)cc(Br)c2ccccc12. The van der Waals surface area contributed by atoms with Gasteiger partial charge in [0, 0.05) is 22.9 Å². The highest BCUT2D eigenvalue weighted by Gasteiger charge is 2.23. The van der Waals surface area contributed by atoms with E-state index in [0.29, 0.717) is 31.1 Å². The zero-order valence-corrected chi connectivity index (χ0v) is 17.5. The number of unbranched alkanes of at least 4 members (excludes halogenated alkanes) is 1. The standard InChI is InChI=1S/C21H27BrN2O3/c1-3-4-11-27-20-17-8-6-5-7-16(17)19(22)14-18(20)21(25)23-15(2)24-9-12-26-13-10-24/h5-8,14-15H,3-4,9-13H2,1-2H3,(H,23,25). The number of nitrogens with one attached hydrogen (secondary N) is 1. The predicted molar refractivity (Wildman–Crippen MR) is 111 cm³/mol. The average Bonchev–Trinajstić information content (AvgIpc) is 2.70. The Bertz CT molecular complexity index is 790. The van der Waals surface area contributed by atoms with Crippen LogP contribution in [0.3, 0.4) is 0 Å². The molecule has 5 nitrogen and oxygen atoms in total. The molecule has 0 aliphatic carbocycles. The summed E-state index contributed by atoms with van der Waals surface area (Å²) in [7, 11) is 0. The lowest BCUT2D eigenvalue weighted by Gasteiger charge is -2.32. The zero-order valence-electron chi connectivity index (χ0n) is 16.0. The number of fused-ring (bicyclic) bond motifs is 1. The number of nitrogens with zero attached hydrogens (tertiary/aromatic N) is 1. The fourth-order valence-corrected chi connectivity index (χ4v) is 3.85. The van der Waals surface area contributed by atoms with Crippen molar-refractivity contribution in [2.24, 2.45) is 0 Å². The van der Waals surface area contributed by atoms with Crippen LogP contribution in [0.4, 0.5) is 0 Å². The van der Waals surface area contributed by atoms with E-state index in [0.717, 1.165) is 41.2 Å². The van der Waals surface area contributed by atoms with E-state index in [9.17, 15) is 4.79 Å². The molecule has 0 bridgehead atoms. The minimum absolute atomic E-state index is 0.0601. The Hall–Kier alpha value is -1.63. The highest BCUT2D eigenvalue weighted by atomic mass is 79.9. The van der Waals surface area contributed by atoms with E-state index < -0.39 is 0 Å². The third-order valence-electron chi connectivity index (χ3n) is 4.87. The highest BCUT2D eigenvalue weighted by Crippen LogP contribution is 2.35. The van der Waals surface area contributed by atoms with Crippen LogP contribution in [0, 0.1) is 0 Å². The fraction of sp³-hybridized carbons (Fsp3) is 0.476. The van der Waals surface area contributed by atoms with Crippen LogP contribution < -0.4 is 10.1 Å². The van der Waals surface area contributed by atoms with Crippen LogP contribution in [0.25, 0.3) is 10.8 Å². The van der Waals surface area contributed by atoms with Crippen LogP contribution in [-0.2, 0) is 4.74 Å². The minimum Gasteiger partial charge on any atom is -0.492 e. The van der Waals surface area contributed by atoms with Gasteiger partial charge in [-0.1, -0.05) is 53.5 Å². The third kappa shape index (κ3) is 4.81. The molecule has 2 aromatic rings. The van der Waals surface area contributed by atoms with Gasteiger partial charge in [-0.3, -0.25) is 9.69 Å². The van der Waals surface area contributed by atoms with Gasteiger partial charge in [0.15, 0.2) is 0 Å². The molecule has 146 valence electrons. The topological polar surface area (TPSA) is 50.8 Å². The average molecular weight is 435 g/mol. The molecule has 1 N–H and O–H groups in total. The quantitative estimate of drug-likeness (QED) is 0.663. The van der Waals surface area contributed by atoms with Gasteiger partial charge in [-0.25, -0.2) is 0 Å². The van der Waals surface area contributed by atoms with E-state index in [1.165, 1.54) is 0 Å². The zero-order chi connectivity index (χ0) is 19.2. The summed E-state index contributed by atoms with van der Waals surface area (Å²) in [5.74, 6) is 0.542. The maximum Gasteiger partial charge on any atom is 0.256 e. The van der Waals surface area contributed by atoms with Crippen LogP contribution in [0.15, 0.2) is 34.8 Å². The second kappa shape index (κ2) is 9.53. The maximum atomic E-state index is 13.1. The molecule has 1 fully saturated rings. The van der Waals surface area contributed by atoms with Crippen molar-refractivity contribution >= 4 is 32.6 Å². The lowest BCUT2D eigenvalue weighted by Crippen LogP contribution is -2.50. The van der Waals surface area contributed by atoms with Crippen molar-refractivity contribution in [2.45, 2.75) is 32.9 Å². The smallest absolute Gasteiger partial charge is 0.256 e. The predicted octanol–water partition coefficient (Wildman–Crippen LogP) is 4.19. The monoisotopic (exact) mass is 434 g/mol. The van der Waals surface area contributed by atoms with Crippen molar-refractivity contribution in [3.05, 3.63) is 40.4 Å². The first kappa shape index (κ1) is 20.1. The van der Waals surface area contributed by atoms with Gasteiger partial charge >= 0.3 is 0 Å². The van der Waals surface area contributed by atoms with Gasteiger partial charge in [-0.05, 0) is 24.8 Å². The number of carbonyl (C=O) groups excluding carboxylic acids is 1. The van der Waals surface area contributed by atoms with Crippen LogP contribution >= 0.6 is 15.9 Å². The molecule has 1 aliphatic heterocycles. The number of halogens is 1. The van der Waals surface area contributed by atoms with Crippen LogP contribution in [0.1, 0.15) is 37.0 Å². The maximum absolute atomic E-state index is 13.1. The van der Waals surface area contributed by atoms with Crippen molar-refractivity contribution in [1.82, 2.24) is 10.2 Å². The summed E-state index contributed by atoms with van der Waals surface area (Å²) in [4.78, 5) is 15.3. The van der Waals surface area contributed by atoms with E-state index in [1.54, 1.807) is 0 Å². The first-order valence-corrected chi connectivity index (χ1v) is 10.4. The lowest BCUT2D eigenvalue weighted by molar-refractivity contribution is 0.0132. The summed E-state index contributed by atoms with van der Waals surface area (Å²) >= 11 is 3.61. The van der Waals surface area contributed by atoms with Gasteiger partial charge in [0.1, 0.15) is 5.75 Å². The van der Waals surface area contributed by atoms with Gasteiger partial charge in [0.05, 0.1) is 31.5 Å². The first-order valence-electron chi connectivity index (χ1n) is 9.58. The van der Waals surface area contributed by atoms with Crippen molar-refractivity contribution in [3.63, 3.8) is 0 Å². The van der Waals surface area contributed by atoms with E-state index in [-0.39, 0.29) is 12.1 Å². The number of ether oxygens (including phenoxy) is 2. The van der Waals surface area contributed by atoms with E-state index in [4.69, 9.17) is 9.47 Å². The third-order valence-corrected chi connectivity index (χ3v) is 5.52. The Morgan fingerprint density at radius 1 is 1.30 bits per heavy atom. The Morgan fingerprint density at radius 2 is 2.00 bits per heavy atom. The Labute approximate surface area is 169 Å². The van der Waals surface area contributed by atoms with Crippen LogP contribution in [0.5, 0.6) is 5.75 Å². The molecule has 1 heterocycles. The molecule has 3 rings (SSSR count). The number of rotatable bonds is 7. The molecule has 1 saturated heterocycles. The second-order valence-corrected chi connectivity index (χ2v) is 7.63. The van der Waals surface area contributed by atoms with Gasteiger partial charge in [-0.15, -0.1) is 0 Å². The van der Waals surface area contributed by atoms with E-state index in [1.807, 2.05) is 37.3 Å². The Balaban J connectivity index is 1.88. The van der Waals surface area contributed by atoms with Gasteiger partial charge in [0.25, 0.3) is 5.91 Å².